The molecular formula is C11H20N2O7S. The first-order valence-corrected chi connectivity index (χ1v) is 8.23. The van der Waals surface area contributed by atoms with Crippen LogP contribution in [0.4, 0.5) is 4.79 Å². The number of carbonyl (C=O) groups excluding carboxylic acids is 2. The second kappa shape index (κ2) is 9.16. The van der Waals surface area contributed by atoms with Gasteiger partial charge >= 0.3 is 18.0 Å². The third kappa shape index (κ3) is 10.6. The number of amides is 2. The van der Waals surface area contributed by atoms with Crippen molar-refractivity contribution in [3.63, 3.8) is 0 Å². The van der Waals surface area contributed by atoms with Crippen LogP contribution < -0.4 is 10.6 Å². The van der Waals surface area contributed by atoms with Crippen molar-refractivity contribution < 1.29 is 32.6 Å². The summed E-state index contributed by atoms with van der Waals surface area (Å²) in [5.41, 5.74) is 0. The van der Waals surface area contributed by atoms with Gasteiger partial charge in [-0.05, 0) is 12.8 Å². The molecule has 0 rings (SSSR count). The van der Waals surface area contributed by atoms with Gasteiger partial charge in [0, 0.05) is 19.2 Å². The van der Waals surface area contributed by atoms with E-state index in [-0.39, 0.29) is 31.6 Å². The van der Waals surface area contributed by atoms with Crippen LogP contribution in [0.5, 0.6) is 0 Å². The van der Waals surface area contributed by atoms with Crippen LogP contribution in [-0.2, 0) is 24.2 Å². The first kappa shape index (κ1) is 19.2. The number of aliphatic carboxylic acids is 1. The number of carbonyl (C=O) groups is 3. The van der Waals surface area contributed by atoms with Crippen LogP contribution in [0.15, 0.2) is 0 Å². The highest BCUT2D eigenvalue weighted by molar-refractivity contribution is 7.90. The molecule has 0 saturated heterocycles. The number of urea groups is 1. The predicted molar refractivity (Wildman–Crippen MR) is 73.5 cm³/mol. The van der Waals surface area contributed by atoms with Crippen LogP contribution in [0.3, 0.4) is 0 Å². The molecule has 122 valence electrons. The molecule has 10 heteroatoms. The van der Waals surface area contributed by atoms with Crippen molar-refractivity contribution in [2.24, 2.45) is 0 Å². The second-order valence-corrected chi connectivity index (χ2v) is 6.65. The molecule has 0 fully saturated rings. The van der Waals surface area contributed by atoms with E-state index in [2.05, 4.69) is 15.4 Å². The number of hydrogen-bond acceptors (Lipinski definition) is 6. The first-order chi connectivity index (χ1) is 9.65. The predicted octanol–water partition coefficient (Wildman–Crippen LogP) is -0.873. The molecule has 9 nitrogen and oxygen atoms in total. The molecule has 0 heterocycles. The van der Waals surface area contributed by atoms with Gasteiger partial charge in [-0.3, -0.25) is 4.79 Å². The zero-order chi connectivity index (χ0) is 16.5. The highest BCUT2D eigenvalue weighted by Gasteiger charge is 2.21. The third-order valence-corrected chi connectivity index (χ3v) is 3.48. The number of esters is 1. The highest BCUT2D eigenvalue weighted by Crippen LogP contribution is 1.99. The molecule has 0 bridgehead atoms. The van der Waals surface area contributed by atoms with Crippen molar-refractivity contribution >= 4 is 27.8 Å². The Morgan fingerprint density at radius 3 is 2.38 bits per heavy atom. The Kier molecular flexibility index (Phi) is 8.36. The molecule has 0 aliphatic carbocycles. The van der Waals surface area contributed by atoms with Gasteiger partial charge < -0.3 is 20.5 Å². The van der Waals surface area contributed by atoms with Gasteiger partial charge in [-0.15, -0.1) is 0 Å². The number of carboxylic acids is 1. The van der Waals surface area contributed by atoms with E-state index in [1.165, 1.54) is 7.11 Å². The monoisotopic (exact) mass is 324 g/mol. The molecule has 0 spiro atoms. The number of ether oxygens (including phenoxy) is 1. The summed E-state index contributed by atoms with van der Waals surface area (Å²) in [6.07, 6.45) is 1.08. The van der Waals surface area contributed by atoms with Gasteiger partial charge in [0.2, 0.25) is 0 Å². The summed E-state index contributed by atoms with van der Waals surface area (Å²) in [5, 5.41) is 13.4. The SMILES string of the molecule is COC(=O)CC[C@H](NC(=O)NCCCS(C)(=O)=O)C(=O)O. The van der Waals surface area contributed by atoms with Crippen molar-refractivity contribution in [2.45, 2.75) is 25.3 Å². The van der Waals surface area contributed by atoms with Crippen LogP contribution in [0.2, 0.25) is 0 Å². The average Bonchev–Trinajstić information content (AvgIpc) is 2.37. The summed E-state index contributed by atoms with van der Waals surface area (Å²) in [4.78, 5) is 33.3. The van der Waals surface area contributed by atoms with E-state index in [1.54, 1.807) is 0 Å². The van der Waals surface area contributed by atoms with Crippen LogP contribution >= 0.6 is 0 Å². The van der Waals surface area contributed by atoms with Gasteiger partial charge in [0.05, 0.1) is 12.9 Å². The molecule has 3 N–H and O–H groups in total. The lowest BCUT2D eigenvalue weighted by molar-refractivity contribution is -0.142. The lowest BCUT2D eigenvalue weighted by Crippen LogP contribution is -2.46. The van der Waals surface area contributed by atoms with E-state index in [9.17, 15) is 22.8 Å². The molecule has 0 aliphatic heterocycles. The fraction of sp³-hybridized carbons (Fsp3) is 0.727. The molecule has 0 radical (unpaired) electrons. The fourth-order valence-corrected chi connectivity index (χ4v) is 2.04. The number of rotatable bonds is 9. The first-order valence-electron chi connectivity index (χ1n) is 6.17. The topological polar surface area (TPSA) is 139 Å². The minimum atomic E-state index is -3.10. The lowest BCUT2D eigenvalue weighted by atomic mass is 10.1. The molecule has 0 unspecified atom stereocenters. The van der Waals surface area contributed by atoms with Crippen LogP contribution in [0, 0.1) is 0 Å². The van der Waals surface area contributed by atoms with Gasteiger partial charge in [-0.1, -0.05) is 0 Å². The third-order valence-electron chi connectivity index (χ3n) is 2.45. The summed E-state index contributed by atoms with van der Waals surface area (Å²) in [7, 11) is -1.92. The Labute approximate surface area is 123 Å². The molecule has 21 heavy (non-hydrogen) atoms. The number of methoxy groups -OCH3 is 1. The van der Waals surface area contributed by atoms with E-state index < -0.39 is 33.8 Å². The standard InChI is InChI=1S/C11H20N2O7S/c1-20-9(14)5-4-8(10(15)16)13-11(17)12-6-3-7-21(2,18)19/h8H,3-7H2,1-2H3,(H,15,16)(H2,12,13,17)/t8-/m0/s1. The van der Waals surface area contributed by atoms with Crippen molar-refractivity contribution in [1.29, 1.82) is 0 Å². The molecule has 0 aromatic carbocycles. The number of nitrogens with one attached hydrogen (secondary N) is 2. The molecule has 0 aliphatic rings. The molecule has 0 saturated carbocycles. The Hall–Kier alpha value is -1.84. The summed E-state index contributed by atoms with van der Waals surface area (Å²) >= 11 is 0. The highest BCUT2D eigenvalue weighted by atomic mass is 32.2. The van der Waals surface area contributed by atoms with Gasteiger partial charge in [0.15, 0.2) is 0 Å². The Morgan fingerprint density at radius 1 is 1.29 bits per heavy atom. The van der Waals surface area contributed by atoms with Crippen molar-refractivity contribution in [3.8, 4) is 0 Å². The average molecular weight is 324 g/mol. The second-order valence-electron chi connectivity index (χ2n) is 4.39. The maximum absolute atomic E-state index is 11.4. The van der Waals surface area contributed by atoms with Gasteiger partial charge in [-0.2, -0.15) is 0 Å². The number of carboxylic acid groups (broad SMARTS) is 1. The van der Waals surface area contributed by atoms with Gasteiger partial charge in [-0.25, -0.2) is 18.0 Å². The molecule has 1 atom stereocenters. The summed E-state index contributed by atoms with van der Waals surface area (Å²) in [6, 6.07) is -1.96. The molecule has 0 aromatic heterocycles. The Bertz CT molecular complexity index is 475. The summed E-state index contributed by atoms with van der Waals surface area (Å²) in [6.45, 7) is 0.0994. The van der Waals surface area contributed by atoms with E-state index in [1.807, 2.05) is 0 Å². The maximum Gasteiger partial charge on any atom is 0.326 e. The van der Waals surface area contributed by atoms with Crippen molar-refractivity contribution in [3.05, 3.63) is 0 Å². The quantitative estimate of drug-likeness (QED) is 0.370. The van der Waals surface area contributed by atoms with E-state index in [0.717, 1.165) is 6.26 Å². The largest absolute Gasteiger partial charge is 0.480 e. The lowest BCUT2D eigenvalue weighted by Gasteiger charge is -2.14. The van der Waals surface area contributed by atoms with Crippen molar-refractivity contribution in [2.75, 3.05) is 25.7 Å². The fourth-order valence-electron chi connectivity index (χ4n) is 1.37. The van der Waals surface area contributed by atoms with Gasteiger partial charge in [0.25, 0.3) is 0 Å². The number of sulfone groups is 1. The molecule has 0 aromatic rings. The molecular weight excluding hydrogens is 304 g/mol. The van der Waals surface area contributed by atoms with Crippen LogP contribution in [0.1, 0.15) is 19.3 Å². The maximum atomic E-state index is 11.4. The minimum absolute atomic E-state index is 0.0714. The summed E-state index contributed by atoms with van der Waals surface area (Å²) < 4.78 is 26.1. The smallest absolute Gasteiger partial charge is 0.326 e. The van der Waals surface area contributed by atoms with Gasteiger partial charge in [0.1, 0.15) is 15.9 Å². The van der Waals surface area contributed by atoms with E-state index >= 15 is 0 Å². The number of hydrogen-bond donors (Lipinski definition) is 3. The zero-order valence-electron chi connectivity index (χ0n) is 11.9. The van der Waals surface area contributed by atoms with Crippen molar-refractivity contribution in [1.82, 2.24) is 10.6 Å². The van der Waals surface area contributed by atoms with Crippen LogP contribution in [0.25, 0.3) is 0 Å². The van der Waals surface area contributed by atoms with E-state index in [4.69, 9.17) is 5.11 Å². The van der Waals surface area contributed by atoms with E-state index in [0.29, 0.717) is 0 Å². The van der Waals surface area contributed by atoms with Crippen LogP contribution in [-0.4, -0.2) is 63.2 Å². The summed E-state index contributed by atoms with van der Waals surface area (Å²) in [5.74, 6) is -1.92. The minimum Gasteiger partial charge on any atom is -0.480 e. The normalized spacial score (nSPS) is 12.3. The Balaban J connectivity index is 4.12. The Morgan fingerprint density at radius 2 is 1.90 bits per heavy atom. The molecule has 2 amide bonds. The zero-order valence-corrected chi connectivity index (χ0v) is 12.7.